The summed E-state index contributed by atoms with van der Waals surface area (Å²) < 4.78 is 45.0. The molecule has 0 amide bonds. The Morgan fingerprint density at radius 1 is 1.53 bits per heavy atom. The summed E-state index contributed by atoms with van der Waals surface area (Å²) >= 11 is 2.97. The van der Waals surface area contributed by atoms with E-state index in [2.05, 4.69) is 15.9 Å². The SMILES string of the molecule is CC1COCCN1S(=O)(=O)c1cc(Br)c(F)cc1N. The summed E-state index contributed by atoms with van der Waals surface area (Å²) in [6, 6.07) is 1.92. The van der Waals surface area contributed by atoms with Crippen LogP contribution in [-0.4, -0.2) is 38.5 Å². The Morgan fingerprint density at radius 3 is 2.84 bits per heavy atom. The number of nitrogen functional groups attached to an aromatic ring is 1. The van der Waals surface area contributed by atoms with Crippen LogP contribution in [0.3, 0.4) is 0 Å². The predicted octanol–water partition coefficient (Wildman–Crippen LogP) is 1.58. The Bertz CT molecular complexity index is 594. The highest BCUT2D eigenvalue weighted by molar-refractivity contribution is 9.10. The van der Waals surface area contributed by atoms with Crippen LogP contribution in [0.5, 0.6) is 0 Å². The third-order valence-electron chi connectivity index (χ3n) is 2.95. The number of hydrogen-bond donors (Lipinski definition) is 1. The Morgan fingerprint density at radius 2 is 2.21 bits per heavy atom. The minimum atomic E-state index is -3.75. The van der Waals surface area contributed by atoms with Crippen molar-refractivity contribution in [2.45, 2.75) is 17.9 Å². The summed E-state index contributed by atoms with van der Waals surface area (Å²) in [5, 5.41) is 0. The maximum atomic E-state index is 13.3. The molecule has 1 saturated heterocycles. The first-order chi connectivity index (χ1) is 8.84. The Labute approximate surface area is 119 Å². The topological polar surface area (TPSA) is 72.6 Å². The van der Waals surface area contributed by atoms with Gasteiger partial charge < -0.3 is 10.5 Å². The molecule has 0 saturated carbocycles. The lowest BCUT2D eigenvalue weighted by molar-refractivity contribution is 0.0393. The molecule has 5 nitrogen and oxygen atoms in total. The van der Waals surface area contributed by atoms with Gasteiger partial charge in [-0.1, -0.05) is 0 Å². The van der Waals surface area contributed by atoms with E-state index in [4.69, 9.17) is 10.5 Å². The van der Waals surface area contributed by atoms with Crippen LogP contribution in [0.2, 0.25) is 0 Å². The van der Waals surface area contributed by atoms with Crippen molar-refractivity contribution in [3.05, 3.63) is 22.4 Å². The maximum Gasteiger partial charge on any atom is 0.245 e. The molecule has 0 aliphatic carbocycles. The van der Waals surface area contributed by atoms with E-state index in [1.165, 1.54) is 10.4 Å². The van der Waals surface area contributed by atoms with E-state index in [1.807, 2.05) is 0 Å². The van der Waals surface area contributed by atoms with Crippen molar-refractivity contribution < 1.29 is 17.5 Å². The number of sulfonamides is 1. The van der Waals surface area contributed by atoms with E-state index in [-0.39, 0.29) is 27.6 Å². The van der Waals surface area contributed by atoms with E-state index in [9.17, 15) is 12.8 Å². The molecule has 1 aromatic rings. The Hall–Kier alpha value is -0.700. The van der Waals surface area contributed by atoms with E-state index in [0.29, 0.717) is 13.2 Å². The number of hydrogen-bond acceptors (Lipinski definition) is 4. The number of morpholine rings is 1. The zero-order chi connectivity index (χ0) is 14.2. The molecule has 1 aromatic carbocycles. The van der Waals surface area contributed by atoms with Gasteiger partial charge in [0.1, 0.15) is 10.7 Å². The number of rotatable bonds is 2. The molecule has 19 heavy (non-hydrogen) atoms. The van der Waals surface area contributed by atoms with Crippen LogP contribution in [0.1, 0.15) is 6.92 Å². The van der Waals surface area contributed by atoms with E-state index in [0.717, 1.165) is 6.07 Å². The number of ether oxygens (including phenoxy) is 1. The summed E-state index contributed by atoms with van der Waals surface area (Å²) in [6.07, 6.45) is 0. The van der Waals surface area contributed by atoms with Crippen molar-refractivity contribution in [3.8, 4) is 0 Å². The van der Waals surface area contributed by atoms with Gasteiger partial charge in [0.25, 0.3) is 0 Å². The smallest absolute Gasteiger partial charge is 0.245 e. The molecule has 1 fully saturated rings. The summed E-state index contributed by atoms with van der Waals surface area (Å²) in [4.78, 5) is -0.0884. The number of nitrogens with two attached hydrogens (primary N) is 1. The van der Waals surface area contributed by atoms with Crippen molar-refractivity contribution in [2.75, 3.05) is 25.5 Å². The van der Waals surface area contributed by atoms with Gasteiger partial charge in [-0.3, -0.25) is 0 Å². The largest absolute Gasteiger partial charge is 0.398 e. The van der Waals surface area contributed by atoms with Gasteiger partial charge in [-0.05, 0) is 35.0 Å². The Balaban J connectivity index is 2.47. The first-order valence-corrected chi connectivity index (χ1v) is 7.91. The van der Waals surface area contributed by atoms with Crippen molar-refractivity contribution in [1.82, 2.24) is 4.31 Å². The number of halogens is 2. The average Bonchev–Trinajstić information content (AvgIpc) is 2.34. The fourth-order valence-electron chi connectivity index (χ4n) is 1.96. The summed E-state index contributed by atoms with van der Waals surface area (Å²) in [5.74, 6) is -0.591. The van der Waals surface area contributed by atoms with E-state index < -0.39 is 15.8 Å². The first kappa shape index (κ1) is 14.7. The second-order valence-corrected chi connectivity index (χ2v) is 7.06. The van der Waals surface area contributed by atoms with Crippen LogP contribution in [0.15, 0.2) is 21.5 Å². The van der Waals surface area contributed by atoms with Crippen molar-refractivity contribution in [2.24, 2.45) is 0 Å². The molecule has 1 aliphatic heterocycles. The van der Waals surface area contributed by atoms with Crippen molar-refractivity contribution in [1.29, 1.82) is 0 Å². The Kier molecular flexibility index (Phi) is 4.14. The van der Waals surface area contributed by atoms with Crippen LogP contribution < -0.4 is 5.73 Å². The highest BCUT2D eigenvalue weighted by atomic mass is 79.9. The van der Waals surface area contributed by atoms with Crippen LogP contribution >= 0.6 is 15.9 Å². The molecule has 0 bridgehead atoms. The standard InChI is InChI=1S/C11H14BrFN2O3S/c1-7-6-18-3-2-15(7)19(16,17)11-4-8(12)9(13)5-10(11)14/h4-5,7H,2-3,6,14H2,1H3. The number of anilines is 1. The summed E-state index contributed by atoms with van der Waals surface area (Å²) in [5.41, 5.74) is 5.53. The molecule has 0 radical (unpaired) electrons. The molecule has 2 N–H and O–H groups in total. The van der Waals surface area contributed by atoms with Gasteiger partial charge >= 0.3 is 0 Å². The fourth-order valence-corrected chi connectivity index (χ4v) is 4.18. The van der Waals surface area contributed by atoms with Crippen molar-refractivity contribution in [3.63, 3.8) is 0 Å². The van der Waals surface area contributed by atoms with Gasteiger partial charge in [-0.25, -0.2) is 12.8 Å². The van der Waals surface area contributed by atoms with Crippen LogP contribution in [0, 0.1) is 5.82 Å². The highest BCUT2D eigenvalue weighted by Gasteiger charge is 2.33. The minimum absolute atomic E-state index is 0.0705. The second-order valence-electron chi connectivity index (χ2n) is 4.34. The van der Waals surface area contributed by atoms with Crippen LogP contribution in [0.4, 0.5) is 10.1 Å². The van der Waals surface area contributed by atoms with Crippen LogP contribution in [-0.2, 0) is 14.8 Å². The maximum absolute atomic E-state index is 13.3. The van der Waals surface area contributed by atoms with Gasteiger partial charge in [0.15, 0.2) is 0 Å². The molecule has 1 atom stereocenters. The van der Waals surface area contributed by atoms with Gasteiger partial charge in [0.2, 0.25) is 10.0 Å². The predicted molar refractivity (Wildman–Crippen MR) is 72.7 cm³/mol. The molecule has 8 heteroatoms. The zero-order valence-corrected chi connectivity index (χ0v) is 12.7. The van der Waals surface area contributed by atoms with Crippen LogP contribution in [0.25, 0.3) is 0 Å². The zero-order valence-electron chi connectivity index (χ0n) is 10.3. The second kappa shape index (κ2) is 5.35. The quantitative estimate of drug-likeness (QED) is 0.820. The molecule has 0 aromatic heterocycles. The molecule has 0 spiro atoms. The molecule has 2 rings (SSSR count). The summed E-state index contributed by atoms with van der Waals surface area (Å²) in [6.45, 7) is 2.69. The monoisotopic (exact) mass is 352 g/mol. The van der Waals surface area contributed by atoms with Gasteiger partial charge in [-0.15, -0.1) is 0 Å². The first-order valence-electron chi connectivity index (χ1n) is 5.68. The van der Waals surface area contributed by atoms with Crippen molar-refractivity contribution >= 4 is 31.6 Å². The molecular formula is C11H14BrFN2O3S. The van der Waals surface area contributed by atoms with Gasteiger partial charge in [0.05, 0.1) is 23.4 Å². The average molecular weight is 353 g/mol. The van der Waals surface area contributed by atoms with Gasteiger partial charge in [-0.2, -0.15) is 4.31 Å². The molecule has 1 aliphatic rings. The molecular weight excluding hydrogens is 339 g/mol. The highest BCUT2D eigenvalue weighted by Crippen LogP contribution is 2.29. The minimum Gasteiger partial charge on any atom is -0.398 e. The van der Waals surface area contributed by atoms with E-state index in [1.54, 1.807) is 6.92 Å². The normalized spacial score (nSPS) is 21.5. The molecule has 1 unspecified atom stereocenters. The number of benzene rings is 1. The lowest BCUT2D eigenvalue weighted by Gasteiger charge is -2.32. The number of nitrogens with zero attached hydrogens (tertiary/aromatic N) is 1. The van der Waals surface area contributed by atoms with Gasteiger partial charge in [0, 0.05) is 12.6 Å². The fraction of sp³-hybridized carbons (Fsp3) is 0.455. The lowest BCUT2D eigenvalue weighted by Crippen LogP contribution is -2.47. The molecule has 106 valence electrons. The third-order valence-corrected chi connectivity index (χ3v) is 5.62. The molecule has 1 heterocycles. The summed E-state index contributed by atoms with van der Waals surface area (Å²) in [7, 11) is -3.75. The third kappa shape index (κ3) is 2.76. The lowest BCUT2D eigenvalue weighted by atomic mass is 10.3. The van der Waals surface area contributed by atoms with E-state index >= 15 is 0 Å².